The number of carbonyl (C=O) groups excluding carboxylic acids is 1. The molecular weight excluding hydrogens is 454 g/mol. The van der Waals surface area contributed by atoms with Crippen LogP contribution in [-0.4, -0.2) is 50.3 Å². The van der Waals surface area contributed by atoms with Gasteiger partial charge in [0.05, 0.1) is 42.7 Å². The average Bonchev–Trinajstić information content (AvgIpc) is 3.37. The molecule has 1 N–H and O–H groups in total. The second kappa shape index (κ2) is 10.9. The number of nitro benzene ring substituents is 1. The summed E-state index contributed by atoms with van der Waals surface area (Å²) >= 11 is 0. The van der Waals surface area contributed by atoms with Crippen LogP contribution in [0.15, 0.2) is 52.9 Å². The minimum absolute atomic E-state index is 0.0210. The van der Waals surface area contributed by atoms with E-state index in [1.807, 2.05) is 19.9 Å². The van der Waals surface area contributed by atoms with E-state index in [0.717, 1.165) is 18.8 Å². The fourth-order valence-corrected chi connectivity index (χ4v) is 3.79. The van der Waals surface area contributed by atoms with E-state index >= 15 is 0 Å². The van der Waals surface area contributed by atoms with Crippen molar-refractivity contribution >= 4 is 23.0 Å². The van der Waals surface area contributed by atoms with Crippen molar-refractivity contribution in [1.29, 1.82) is 0 Å². The van der Waals surface area contributed by atoms with Crippen molar-refractivity contribution < 1.29 is 28.3 Å². The minimum atomic E-state index is -0.471. The third kappa shape index (κ3) is 5.55. The predicted octanol–water partition coefficient (Wildman–Crippen LogP) is 4.74. The molecule has 10 nitrogen and oxygen atoms in total. The second-order valence-corrected chi connectivity index (χ2v) is 7.70. The zero-order valence-corrected chi connectivity index (χ0v) is 19.6. The van der Waals surface area contributed by atoms with Gasteiger partial charge in [-0.25, -0.2) is 0 Å². The number of morpholine rings is 1. The number of hydrogen-bond donors (Lipinski definition) is 1. The zero-order valence-electron chi connectivity index (χ0n) is 19.6. The number of ether oxygens (including phenoxy) is 3. The molecule has 0 bridgehead atoms. The molecule has 0 saturated carbocycles. The molecule has 10 heteroatoms. The normalized spacial score (nSPS) is 13.4. The summed E-state index contributed by atoms with van der Waals surface area (Å²) in [5.74, 6) is 1.22. The monoisotopic (exact) mass is 481 g/mol. The van der Waals surface area contributed by atoms with Crippen LogP contribution < -0.4 is 19.7 Å². The van der Waals surface area contributed by atoms with Crippen LogP contribution >= 0.6 is 0 Å². The van der Waals surface area contributed by atoms with E-state index in [-0.39, 0.29) is 11.4 Å². The van der Waals surface area contributed by atoms with Gasteiger partial charge in [0.25, 0.3) is 11.6 Å². The van der Waals surface area contributed by atoms with Crippen LogP contribution in [0.5, 0.6) is 11.5 Å². The van der Waals surface area contributed by atoms with E-state index in [1.54, 1.807) is 30.3 Å². The third-order valence-electron chi connectivity index (χ3n) is 5.45. The molecule has 1 amide bonds. The maximum atomic E-state index is 13.0. The van der Waals surface area contributed by atoms with E-state index in [4.69, 9.17) is 18.6 Å². The molecule has 0 aliphatic carbocycles. The molecule has 1 aliphatic heterocycles. The van der Waals surface area contributed by atoms with Gasteiger partial charge in [-0.1, -0.05) is 0 Å². The Labute approximate surface area is 202 Å². The number of nitrogens with one attached hydrogen (secondary N) is 1. The lowest BCUT2D eigenvalue weighted by molar-refractivity contribution is -0.384. The Hall–Kier alpha value is -4.05. The molecule has 184 valence electrons. The van der Waals surface area contributed by atoms with Crippen LogP contribution in [0.4, 0.5) is 17.1 Å². The molecule has 35 heavy (non-hydrogen) atoms. The lowest BCUT2D eigenvalue weighted by Crippen LogP contribution is -2.36. The van der Waals surface area contributed by atoms with Gasteiger partial charge in [-0.05, 0) is 38.1 Å². The number of nitro groups is 1. The van der Waals surface area contributed by atoms with Crippen molar-refractivity contribution in [2.45, 2.75) is 13.8 Å². The number of benzene rings is 2. The number of furan rings is 1. The molecule has 0 spiro atoms. The minimum Gasteiger partial charge on any atom is -0.492 e. The summed E-state index contributed by atoms with van der Waals surface area (Å²) in [5, 5.41) is 13.7. The fraction of sp³-hybridized carbons (Fsp3) is 0.320. The SMILES string of the molecule is CCOc1cc(N2CCOCC2)c(OCC)cc1NC(=O)c1ccc(-c2ccc([N+](=O)[O-])cc2)o1. The highest BCUT2D eigenvalue weighted by Gasteiger charge is 2.22. The molecule has 1 fully saturated rings. The quantitative estimate of drug-likeness (QED) is 0.344. The van der Waals surface area contributed by atoms with E-state index in [2.05, 4.69) is 10.2 Å². The summed E-state index contributed by atoms with van der Waals surface area (Å²) < 4.78 is 22.9. The van der Waals surface area contributed by atoms with Gasteiger partial charge >= 0.3 is 0 Å². The van der Waals surface area contributed by atoms with Crippen LogP contribution in [0.1, 0.15) is 24.4 Å². The molecule has 2 aromatic carbocycles. The molecule has 3 aromatic rings. The topological polar surface area (TPSA) is 116 Å². The highest BCUT2D eigenvalue weighted by atomic mass is 16.6. The molecule has 4 rings (SSSR count). The second-order valence-electron chi connectivity index (χ2n) is 7.70. The number of hydrogen-bond acceptors (Lipinski definition) is 8. The summed E-state index contributed by atoms with van der Waals surface area (Å²) in [6, 6.07) is 12.8. The number of carbonyl (C=O) groups is 1. The van der Waals surface area contributed by atoms with Crippen LogP contribution in [0.25, 0.3) is 11.3 Å². The Morgan fingerprint density at radius 1 is 1.03 bits per heavy atom. The van der Waals surface area contributed by atoms with Gasteiger partial charge in [0.1, 0.15) is 17.3 Å². The van der Waals surface area contributed by atoms with E-state index in [9.17, 15) is 14.9 Å². The number of anilines is 2. The number of nitrogens with zero attached hydrogens (tertiary/aromatic N) is 2. The fourth-order valence-electron chi connectivity index (χ4n) is 3.79. The first kappa shape index (κ1) is 24.1. The highest BCUT2D eigenvalue weighted by molar-refractivity contribution is 6.03. The number of amides is 1. The van der Waals surface area contributed by atoms with Crippen LogP contribution in [0, 0.1) is 10.1 Å². The van der Waals surface area contributed by atoms with Gasteiger partial charge in [-0.3, -0.25) is 14.9 Å². The van der Waals surface area contributed by atoms with Gasteiger partial charge in [0, 0.05) is 42.9 Å². The highest BCUT2D eigenvalue weighted by Crippen LogP contribution is 2.39. The van der Waals surface area contributed by atoms with Gasteiger partial charge in [0.15, 0.2) is 5.76 Å². The Bertz CT molecular complexity index is 1180. The average molecular weight is 482 g/mol. The van der Waals surface area contributed by atoms with E-state index < -0.39 is 10.8 Å². The summed E-state index contributed by atoms with van der Waals surface area (Å²) in [6.07, 6.45) is 0. The molecule has 2 heterocycles. The lowest BCUT2D eigenvalue weighted by atomic mass is 10.1. The molecule has 1 aromatic heterocycles. The van der Waals surface area contributed by atoms with Crippen molar-refractivity contribution in [3.05, 3.63) is 64.4 Å². The van der Waals surface area contributed by atoms with Crippen molar-refractivity contribution in [2.24, 2.45) is 0 Å². The van der Waals surface area contributed by atoms with E-state index in [1.165, 1.54) is 12.1 Å². The smallest absolute Gasteiger partial charge is 0.291 e. The number of non-ortho nitro benzene ring substituents is 1. The van der Waals surface area contributed by atoms with Crippen molar-refractivity contribution in [3.63, 3.8) is 0 Å². The zero-order chi connectivity index (χ0) is 24.8. The molecule has 1 aliphatic rings. The summed E-state index contributed by atoms with van der Waals surface area (Å²) in [5.41, 5.74) is 1.95. The molecule has 1 saturated heterocycles. The van der Waals surface area contributed by atoms with Crippen molar-refractivity contribution in [2.75, 3.05) is 49.7 Å². The molecule has 0 radical (unpaired) electrons. The van der Waals surface area contributed by atoms with Crippen LogP contribution in [0.3, 0.4) is 0 Å². The largest absolute Gasteiger partial charge is 0.492 e. The van der Waals surface area contributed by atoms with Crippen molar-refractivity contribution in [1.82, 2.24) is 0 Å². The molecule has 0 atom stereocenters. The Morgan fingerprint density at radius 2 is 1.71 bits per heavy atom. The maximum absolute atomic E-state index is 13.0. The Balaban J connectivity index is 1.58. The van der Waals surface area contributed by atoms with E-state index in [0.29, 0.717) is 54.9 Å². The summed E-state index contributed by atoms with van der Waals surface area (Å²) in [4.78, 5) is 25.6. The molecule has 0 unspecified atom stereocenters. The van der Waals surface area contributed by atoms with Gasteiger partial charge < -0.3 is 28.8 Å². The van der Waals surface area contributed by atoms with Crippen molar-refractivity contribution in [3.8, 4) is 22.8 Å². The first-order valence-corrected chi connectivity index (χ1v) is 11.4. The molecular formula is C25H27N3O7. The third-order valence-corrected chi connectivity index (χ3v) is 5.45. The lowest BCUT2D eigenvalue weighted by Gasteiger charge is -2.31. The predicted molar refractivity (Wildman–Crippen MR) is 131 cm³/mol. The van der Waals surface area contributed by atoms with Crippen LogP contribution in [0.2, 0.25) is 0 Å². The standard InChI is InChI=1S/C25H27N3O7/c1-3-33-23-16-20(27-11-13-32-14-12-27)24(34-4-2)15-19(23)26-25(29)22-10-9-21(35-22)17-5-7-18(8-6-17)28(30)31/h5-10,15-16H,3-4,11-14H2,1-2H3,(H,26,29). The Kier molecular flexibility index (Phi) is 7.51. The first-order chi connectivity index (χ1) is 17.0. The summed E-state index contributed by atoms with van der Waals surface area (Å²) in [7, 11) is 0. The first-order valence-electron chi connectivity index (χ1n) is 11.4. The number of rotatable bonds is 9. The summed E-state index contributed by atoms with van der Waals surface area (Å²) in [6.45, 7) is 7.39. The maximum Gasteiger partial charge on any atom is 0.291 e. The van der Waals surface area contributed by atoms with Gasteiger partial charge in [-0.15, -0.1) is 0 Å². The Morgan fingerprint density at radius 3 is 2.37 bits per heavy atom. The van der Waals surface area contributed by atoms with Gasteiger partial charge in [0.2, 0.25) is 0 Å². The van der Waals surface area contributed by atoms with Crippen LogP contribution in [-0.2, 0) is 4.74 Å². The van der Waals surface area contributed by atoms with Gasteiger partial charge in [-0.2, -0.15) is 0 Å².